The second-order valence-electron chi connectivity index (χ2n) is 9.31. The van der Waals surface area contributed by atoms with Crippen LogP contribution in [0.1, 0.15) is 48.8 Å². The quantitative estimate of drug-likeness (QED) is 0.106. The van der Waals surface area contributed by atoms with Gasteiger partial charge in [-0.1, -0.05) is 68.9 Å². The third-order valence-electron chi connectivity index (χ3n) is 6.37. The Morgan fingerprint density at radius 1 is 1.19 bits per heavy atom. The number of benzene rings is 3. The molecule has 0 radical (unpaired) electrons. The molecular weight excluding hydrogens is 487 g/mol. The molecule has 1 aromatic heterocycles. The number of fused-ring (bicyclic) bond motifs is 1. The van der Waals surface area contributed by atoms with Crippen LogP contribution in [0.4, 0.5) is 4.39 Å². The van der Waals surface area contributed by atoms with Crippen molar-refractivity contribution in [1.82, 2.24) is 10.2 Å². The molecule has 2 atom stereocenters. The maximum atomic E-state index is 14.1. The van der Waals surface area contributed by atoms with E-state index in [9.17, 15) is 9.18 Å². The molecule has 0 spiro atoms. The van der Waals surface area contributed by atoms with Crippen molar-refractivity contribution in [2.75, 3.05) is 0 Å². The Hall–Kier alpha value is -3.92. The largest absolute Gasteiger partial charge is 0.423 e. The fraction of sp³-hybridized carbons (Fsp3) is 0.194. The molecule has 4 aromatic rings. The summed E-state index contributed by atoms with van der Waals surface area (Å²) in [5.41, 5.74) is 7.28. The Labute approximate surface area is 221 Å². The normalized spacial score (nSPS) is 12.7. The smallest absolute Gasteiger partial charge is 0.335 e. The fourth-order valence-corrected chi connectivity index (χ4v) is 5.12. The number of esters is 1. The number of carbonyl (C=O) groups is 1. The second-order valence-corrected chi connectivity index (χ2v) is 9.72. The van der Waals surface area contributed by atoms with E-state index in [4.69, 9.17) is 16.3 Å². The number of rotatable bonds is 9. The molecule has 6 heteroatoms. The number of nitrogens with one attached hydrogen (secondary N) is 1. The SMILES string of the molecule is C=C=C(c1ccccc1OC(=O)C=C)C(c1ccc2[nH]ncc2c1)C(CC(C)C)c1ccc(F)cc1Cl. The minimum absolute atomic E-state index is 0.162. The molecule has 188 valence electrons. The summed E-state index contributed by atoms with van der Waals surface area (Å²) >= 11 is 6.65. The molecule has 37 heavy (non-hydrogen) atoms. The van der Waals surface area contributed by atoms with Gasteiger partial charge in [-0.2, -0.15) is 5.10 Å². The molecule has 0 aliphatic heterocycles. The maximum absolute atomic E-state index is 14.1. The minimum Gasteiger partial charge on any atom is -0.423 e. The van der Waals surface area contributed by atoms with Crippen LogP contribution in [0.3, 0.4) is 0 Å². The van der Waals surface area contributed by atoms with E-state index < -0.39 is 11.8 Å². The van der Waals surface area contributed by atoms with E-state index in [0.717, 1.165) is 40.1 Å². The summed E-state index contributed by atoms with van der Waals surface area (Å²) in [4.78, 5) is 12.1. The standard InChI is InChI=1S/C31H28ClFN2O2/c1-5-23(25-9-7-8-10-29(25)37-30(36)6-2)31(20-11-14-28-21(16-20)18-34-35-28)26(15-19(3)4)24-13-12-22(33)17-27(24)32/h6-14,16-19,26,31H,1-2,15H2,3-4H3,(H,34,35). The Bertz CT molecular complexity index is 1500. The molecule has 0 fully saturated rings. The summed E-state index contributed by atoms with van der Waals surface area (Å²) in [6.07, 6.45) is 3.65. The van der Waals surface area contributed by atoms with E-state index in [2.05, 4.69) is 49.0 Å². The first-order valence-electron chi connectivity index (χ1n) is 12.0. The summed E-state index contributed by atoms with van der Waals surface area (Å²) in [5, 5.41) is 8.46. The van der Waals surface area contributed by atoms with Gasteiger partial charge in [0.2, 0.25) is 0 Å². The van der Waals surface area contributed by atoms with Crippen molar-refractivity contribution in [2.24, 2.45) is 5.92 Å². The van der Waals surface area contributed by atoms with Crippen LogP contribution in [-0.2, 0) is 4.79 Å². The zero-order chi connectivity index (χ0) is 26.5. The topological polar surface area (TPSA) is 55.0 Å². The molecular formula is C31H28ClFN2O2. The summed E-state index contributed by atoms with van der Waals surface area (Å²) in [6, 6.07) is 17.9. The number of para-hydroxylation sites is 1. The van der Waals surface area contributed by atoms with Crippen LogP contribution < -0.4 is 4.74 Å². The highest BCUT2D eigenvalue weighted by Crippen LogP contribution is 2.49. The van der Waals surface area contributed by atoms with Gasteiger partial charge in [0.05, 0.1) is 11.7 Å². The molecule has 0 saturated heterocycles. The Kier molecular flexibility index (Phi) is 8.08. The molecule has 3 aromatic carbocycles. The molecule has 0 amide bonds. The summed E-state index contributed by atoms with van der Waals surface area (Å²) < 4.78 is 19.6. The number of hydrogen-bond donors (Lipinski definition) is 1. The Morgan fingerprint density at radius 2 is 1.97 bits per heavy atom. The number of allylic oxidation sites excluding steroid dienone is 1. The molecule has 0 aliphatic carbocycles. The minimum atomic E-state index is -0.562. The molecule has 1 N–H and O–H groups in total. The van der Waals surface area contributed by atoms with E-state index in [1.54, 1.807) is 24.4 Å². The number of carbonyl (C=O) groups excluding carboxylic acids is 1. The number of aromatic nitrogens is 2. The molecule has 4 rings (SSSR count). The maximum Gasteiger partial charge on any atom is 0.335 e. The van der Waals surface area contributed by atoms with E-state index in [-0.39, 0.29) is 11.8 Å². The van der Waals surface area contributed by atoms with Crippen LogP contribution >= 0.6 is 11.6 Å². The predicted molar refractivity (Wildman–Crippen MR) is 147 cm³/mol. The molecule has 2 unspecified atom stereocenters. The van der Waals surface area contributed by atoms with E-state index in [1.807, 2.05) is 24.3 Å². The highest BCUT2D eigenvalue weighted by molar-refractivity contribution is 6.31. The van der Waals surface area contributed by atoms with Crippen LogP contribution in [-0.4, -0.2) is 16.2 Å². The van der Waals surface area contributed by atoms with E-state index in [1.165, 1.54) is 12.1 Å². The first kappa shape index (κ1) is 26.2. The average molecular weight is 515 g/mol. The van der Waals surface area contributed by atoms with Gasteiger partial charge in [0.25, 0.3) is 0 Å². The summed E-state index contributed by atoms with van der Waals surface area (Å²) in [6.45, 7) is 11.8. The van der Waals surface area contributed by atoms with Gasteiger partial charge < -0.3 is 4.74 Å². The predicted octanol–water partition coefficient (Wildman–Crippen LogP) is 8.23. The van der Waals surface area contributed by atoms with Gasteiger partial charge in [-0.25, -0.2) is 9.18 Å². The van der Waals surface area contributed by atoms with Gasteiger partial charge >= 0.3 is 5.97 Å². The third-order valence-corrected chi connectivity index (χ3v) is 6.70. The van der Waals surface area contributed by atoms with Crippen LogP contribution in [0.2, 0.25) is 5.02 Å². The van der Waals surface area contributed by atoms with Crippen LogP contribution in [0.15, 0.2) is 91.8 Å². The van der Waals surface area contributed by atoms with Crippen molar-refractivity contribution < 1.29 is 13.9 Å². The number of nitrogens with zero attached hydrogens (tertiary/aromatic N) is 1. The number of H-pyrrole nitrogens is 1. The number of hydrogen-bond acceptors (Lipinski definition) is 3. The van der Waals surface area contributed by atoms with Crippen molar-refractivity contribution in [2.45, 2.75) is 32.1 Å². The highest BCUT2D eigenvalue weighted by Gasteiger charge is 2.32. The van der Waals surface area contributed by atoms with E-state index >= 15 is 0 Å². The van der Waals surface area contributed by atoms with Gasteiger partial charge in [0.1, 0.15) is 11.6 Å². The second kappa shape index (κ2) is 11.4. The van der Waals surface area contributed by atoms with Crippen LogP contribution in [0, 0.1) is 11.7 Å². The van der Waals surface area contributed by atoms with Gasteiger partial charge in [-0.05, 0) is 59.7 Å². The van der Waals surface area contributed by atoms with Gasteiger partial charge in [0.15, 0.2) is 0 Å². The third kappa shape index (κ3) is 5.75. The molecule has 0 saturated carbocycles. The zero-order valence-corrected chi connectivity index (χ0v) is 21.6. The monoisotopic (exact) mass is 514 g/mol. The first-order valence-corrected chi connectivity index (χ1v) is 12.4. The van der Waals surface area contributed by atoms with Gasteiger partial charge in [0, 0.05) is 33.5 Å². The van der Waals surface area contributed by atoms with Crippen molar-refractivity contribution in [1.29, 1.82) is 0 Å². The van der Waals surface area contributed by atoms with E-state index in [0.29, 0.717) is 22.3 Å². The molecule has 0 bridgehead atoms. The fourth-order valence-electron chi connectivity index (χ4n) is 4.81. The molecule has 4 nitrogen and oxygen atoms in total. The van der Waals surface area contributed by atoms with Crippen molar-refractivity contribution in [3.63, 3.8) is 0 Å². The van der Waals surface area contributed by atoms with Crippen molar-refractivity contribution >= 4 is 34.0 Å². The van der Waals surface area contributed by atoms with Crippen LogP contribution in [0.25, 0.3) is 16.5 Å². The lowest BCUT2D eigenvalue weighted by Gasteiger charge is -2.32. The molecule has 1 heterocycles. The number of aromatic amines is 1. The first-order chi connectivity index (χ1) is 17.8. The average Bonchev–Trinajstić information content (AvgIpc) is 3.34. The lowest BCUT2D eigenvalue weighted by Crippen LogP contribution is -2.17. The van der Waals surface area contributed by atoms with Crippen molar-refractivity contribution in [3.8, 4) is 5.75 Å². The lowest BCUT2D eigenvalue weighted by atomic mass is 9.71. The Morgan fingerprint density at radius 3 is 2.68 bits per heavy atom. The summed E-state index contributed by atoms with van der Waals surface area (Å²) in [7, 11) is 0. The number of ether oxygens (including phenoxy) is 1. The van der Waals surface area contributed by atoms with Gasteiger partial charge in [-0.15, -0.1) is 5.73 Å². The van der Waals surface area contributed by atoms with Gasteiger partial charge in [-0.3, -0.25) is 5.10 Å². The highest BCUT2D eigenvalue weighted by atomic mass is 35.5. The number of halogens is 2. The summed E-state index contributed by atoms with van der Waals surface area (Å²) in [5.74, 6) is -0.745. The van der Waals surface area contributed by atoms with Crippen molar-refractivity contribution in [3.05, 3.63) is 119 Å². The lowest BCUT2D eigenvalue weighted by molar-refractivity contribution is -0.128. The zero-order valence-electron chi connectivity index (χ0n) is 20.8. The molecule has 0 aliphatic rings. The Balaban J connectivity index is 1.98. The van der Waals surface area contributed by atoms with Crippen LogP contribution in [0.5, 0.6) is 5.75 Å².